The van der Waals surface area contributed by atoms with Gasteiger partial charge in [0.15, 0.2) is 0 Å². The minimum absolute atomic E-state index is 0.0164. The van der Waals surface area contributed by atoms with Crippen molar-refractivity contribution < 1.29 is 0 Å². The first kappa shape index (κ1) is 12.2. The molecule has 1 heterocycles. The van der Waals surface area contributed by atoms with Crippen molar-refractivity contribution in [3.05, 3.63) is 34.5 Å². The van der Waals surface area contributed by atoms with Crippen molar-refractivity contribution in [1.29, 1.82) is 0 Å². The number of nitrogens with two attached hydrogens (primary N) is 1. The quantitative estimate of drug-likeness (QED) is 0.816. The van der Waals surface area contributed by atoms with Crippen LogP contribution in [0.1, 0.15) is 36.2 Å². The van der Waals surface area contributed by atoms with Gasteiger partial charge in [-0.2, -0.15) is 0 Å². The number of aryl methyl sites for hydroxylation is 3. The third kappa shape index (κ3) is 1.87. The average Bonchev–Trinajstić information content (AvgIpc) is 2.55. The van der Waals surface area contributed by atoms with Crippen LogP contribution in [0.4, 0.5) is 0 Å². The summed E-state index contributed by atoms with van der Waals surface area (Å²) in [5.74, 6) is 0. The van der Waals surface area contributed by atoms with Crippen molar-refractivity contribution in [2.24, 2.45) is 5.73 Å². The minimum atomic E-state index is 0.0164. The molecule has 0 aliphatic rings. The molecule has 0 spiro atoms. The number of nitrogens with one attached hydrogen (secondary N) is 1. The Morgan fingerprint density at radius 1 is 1.18 bits per heavy atom. The minimum Gasteiger partial charge on any atom is -0.358 e. The van der Waals surface area contributed by atoms with Crippen LogP contribution in [0.5, 0.6) is 0 Å². The van der Waals surface area contributed by atoms with E-state index >= 15 is 0 Å². The molecular formula is C15H22N2. The molecule has 2 rings (SSSR count). The Morgan fingerprint density at radius 3 is 2.41 bits per heavy atom. The molecule has 2 heteroatoms. The Bertz CT molecular complexity index is 562. The second kappa shape index (κ2) is 3.88. The largest absolute Gasteiger partial charge is 0.358 e. The third-order valence-electron chi connectivity index (χ3n) is 3.62. The highest BCUT2D eigenvalue weighted by Gasteiger charge is 2.25. The molecule has 1 aromatic carbocycles. The van der Waals surface area contributed by atoms with Crippen LogP contribution in [0.3, 0.4) is 0 Å². The van der Waals surface area contributed by atoms with Gasteiger partial charge in [0.25, 0.3) is 0 Å². The van der Waals surface area contributed by atoms with E-state index in [0.29, 0.717) is 6.54 Å². The summed E-state index contributed by atoms with van der Waals surface area (Å²) in [6.07, 6.45) is 0. The van der Waals surface area contributed by atoms with Crippen LogP contribution in [-0.2, 0) is 5.41 Å². The molecule has 17 heavy (non-hydrogen) atoms. The molecule has 0 amide bonds. The molecule has 0 unspecified atom stereocenters. The van der Waals surface area contributed by atoms with E-state index in [2.05, 4.69) is 51.7 Å². The van der Waals surface area contributed by atoms with E-state index in [1.807, 2.05) is 0 Å². The SMILES string of the molecule is Cc1cc(C)c2[nH]c(C)c(C(C)(C)CN)c2c1. The van der Waals surface area contributed by atoms with Crippen LogP contribution in [0, 0.1) is 20.8 Å². The van der Waals surface area contributed by atoms with Gasteiger partial charge in [-0.3, -0.25) is 0 Å². The predicted molar refractivity (Wildman–Crippen MR) is 74.6 cm³/mol. The van der Waals surface area contributed by atoms with Crippen LogP contribution >= 0.6 is 0 Å². The fourth-order valence-electron chi connectivity index (χ4n) is 2.76. The van der Waals surface area contributed by atoms with Gasteiger partial charge in [0.1, 0.15) is 0 Å². The molecule has 0 saturated carbocycles. The summed E-state index contributed by atoms with van der Waals surface area (Å²) in [7, 11) is 0. The van der Waals surface area contributed by atoms with Gasteiger partial charge in [0.2, 0.25) is 0 Å². The molecule has 0 atom stereocenters. The van der Waals surface area contributed by atoms with E-state index in [4.69, 9.17) is 5.73 Å². The highest BCUT2D eigenvalue weighted by molar-refractivity contribution is 5.89. The second-order valence-corrected chi connectivity index (χ2v) is 5.72. The summed E-state index contributed by atoms with van der Waals surface area (Å²) in [5, 5.41) is 1.33. The van der Waals surface area contributed by atoms with Crippen LogP contribution < -0.4 is 5.73 Å². The van der Waals surface area contributed by atoms with Gasteiger partial charge >= 0.3 is 0 Å². The van der Waals surface area contributed by atoms with Gasteiger partial charge in [-0.1, -0.05) is 25.5 Å². The second-order valence-electron chi connectivity index (χ2n) is 5.72. The highest BCUT2D eigenvalue weighted by Crippen LogP contribution is 2.34. The van der Waals surface area contributed by atoms with Crippen molar-refractivity contribution >= 4 is 10.9 Å². The van der Waals surface area contributed by atoms with Crippen LogP contribution in [0.2, 0.25) is 0 Å². The van der Waals surface area contributed by atoms with Crippen molar-refractivity contribution in [2.75, 3.05) is 6.54 Å². The Morgan fingerprint density at radius 2 is 1.82 bits per heavy atom. The molecule has 0 saturated heterocycles. The van der Waals surface area contributed by atoms with Crippen molar-refractivity contribution in [3.8, 4) is 0 Å². The zero-order valence-electron chi connectivity index (χ0n) is 11.4. The smallest absolute Gasteiger partial charge is 0.0488 e. The Hall–Kier alpha value is -1.28. The number of benzene rings is 1. The molecular weight excluding hydrogens is 208 g/mol. The van der Waals surface area contributed by atoms with E-state index in [9.17, 15) is 0 Å². The van der Waals surface area contributed by atoms with Gasteiger partial charge < -0.3 is 10.7 Å². The summed E-state index contributed by atoms with van der Waals surface area (Å²) in [4.78, 5) is 3.51. The molecule has 92 valence electrons. The molecule has 2 aromatic rings. The summed E-state index contributed by atoms with van der Waals surface area (Å²) in [6.45, 7) is 11.5. The first-order valence-electron chi connectivity index (χ1n) is 6.17. The van der Waals surface area contributed by atoms with E-state index in [1.54, 1.807) is 0 Å². The van der Waals surface area contributed by atoms with E-state index in [0.717, 1.165) is 0 Å². The predicted octanol–water partition coefficient (Wildman–Crippen LogP) is 3.33. The Labute approximate surface area is 103 Å². The number of H-pyrrole nitrogens is 1. The fourth-order valence-corrected chi connectivity index (χ4v) is 2.76. The van der Waals surface area contributed by atoms with Crippen molar-refractivity contribution in [3.63, 3.8) is 0 Å². The number of rotatable bonds is 2. The maximum atomic E-state index is 5.92. The summed E-state index contributed by atoms with van der Waals surface area (Å²) >= 11 is 0. The monoisotopic (exact) mass is 230 g/mol. The van der Waals surface area contributed by atoms with Crippen LogP contribution in [0.15, 0.2) is 12.1 Å². The van der Waals surface area contributed by atoms with Gasteiger partial charge in [-0.15, -0.1) is 0 Å². The van der Waals surface area contributed by atoms with Crippen molar-refractivity contribution in [1.82, 2.24) is 4.98 Å². The number of hydrogen-bond donors (Lipinski definition) is 2. The van der Waals surface area contributed by atoms with Crippen LogP contribution in [-0.4, -0.2) is 11.5 Å². The van der Waals surface area contributed by atoms with E-state index in [-0.39, 0.29) is 5.41 Å². The van der Waals surface area contributed by atoms with Gasteiger partial charge in [0, 0.05) is 28.6 Å². The lowest BCUT2D eigenvalue weighted by Gasteiger charge is -2.23. The Kier molecular flexibility index (Phi) is 2.78. The molecule has 0 bridgehead atoms. The molecule has 2 nitrogen and oxygen atoms in total. The third-order valence-corrected chi connectivity index (χ3v) is 3.62. The molecule has 1 aromatic heterocycles. The van der Waals surface area contributed by atoms with Crippen LogP contribution in [0.25, 0.3) is 10.9 Å². The molecule has 0 aliphatic heterocycles. The zero-order chi connectivity index (χ0) is 12.8. The summed E-state index contributed by atoms with van der Waals surface area (Å²) < 4.78 is 0. The van der Waals surface area contributed by atoms with E-state index in [1.165, 1.54) is 33.3 Å². The lowest BCUT2D eigenvalue weighted by atomic mass is 9.82. The summed E-state index contributed by atoms with van der Waals surface area (Å²) in [5.41, 5.74) is 12.4. The first-order valence-corrected chi connectivity index (χ1v) is 6.17. The maximum absolute atomic E-state index is 5.92. The number of hydrogen-bond acceptors (Lipinski definition) is 1. The Balaban J connectivity index is 2.84. The zero-order valence-corrected chi connectivity index (χ0v) is 11.4. The van der Waals surface area contributed by atoms with E-state index < -0.39 is 0 Å². The first-order chi connectivity index (χ1) is 7.86. The molecule has 0 aliphatic carbocycles. The van der Waals surface area contributed by atoms with Gasteiger partial charge in [0.05, 0.1) is 0 Å². The average molecular weight is 230 g/mol. The summed E-state index contributed by atoms with van der Waals surface area (Å²) in [6, 6.07) is 4.48. The molecule has 0 radical (unpaired) electrons. The standard InChI is InChI=1S/C15H22N2/c1-9-6-10(2)14-12(7-9)13(11(3)17-14)15(4,5)8-16/h6-7,17H,8,16H2,1-5H3. The molecule has 3 N–H and O–H groups in total. The lowest BCUT2D eigenvalue weighted by molar-refractivity contribution is 0.540. The fraction of sp³-hybridized carbons (Fsp3) is 0.467. The molecule has 0 fully saturated rings. The topological polar surface area (TPSA) is 41.8 Å². The lowest BCUT2D eigenvalue weighted by Crippen LogP contribution is -2.28. The van der Waals surface area contributed by atoms with Crippen molar-refractivity contribution in [2.45, 2.75) is 40.0 Å². The maximum Gasteiger partial charge on any atom is 0.0488 e. The van der Waals surface area contributed by atoms with Gasteiger partial charge in [-0.25, -0.2) is 0 Å². The van der Waals surface area contributed by atoms with Gasteiger partial charge in [-0.05, 0) is 38.0 Å². The number of aromatic nitrogens is 1. The number of fused-ring (bicyclic) bond motifs is 1. The normalized spacial score (nSPS) is 12.4. The number of aromatic amines is 1. The highest BCUT2D eigenvalue weighted by atomic mass is 14.7.